The lowest BCUT2D eigenvalue weighted by atomic mass is 10.2. The minimum atomic E-state index is -0.443. The lowest BCUT2D eigenvalue weighted by Gasteiger charge is -2.20. The molecule has 0 fully saturated rings. The van der Waals surface area contributed by atoms with E-state index in [1.54, 1.807) is 23.5 Å². The van der Waals surface area contributed by atoms with Gasteiger partial charge in [0.05, 0.1) is 16.0 Å². The van der Waals surface area contributed by atoms with Crippen molar-refractivity contribution < 1.29 is 9.34 Å². The maximum atomic E-state index is 10.7. The van der Waals surface area contributed by atoms with Crippen LogP contribution in [0.15, 0.2) is 34.9 Å². The summed E-state index contributed by atoms with van der Waals surface area (Å²) in [6.07, 6.45) is 1.87. The van der Waals surface area contributed by atoms with Crippen LogP contribution in [0.3, 0.4) is 0 Å². The first-order valence-corrected chi connectivity index (χ1v) is 8.45. The Kier molecular flexibility index (Phi) is 4.86. The number of hydrogen-bond acceptors (Lipinski definition) is 8. The highest BCUT2D eigenvalue weighted by atomic mass is 32.1. The summed E-state index contributed by atoms with van der Waals surface area (Å²) in [5.74, 6) is 0.843. The lowest BCUT2D eigenvalue weighted by molar-refractivity contribution is -0.384. The zero-order valence-electron chi connectivity index (χ0n) is 14.0. The van der Waals surface area contributed by atoms with Crippen LogP contribution in [0.1, 0.15) is 28.7 Å². The van der Waals surface area contributed by atoms with Crippen molar-refractivity contribution in [1.29, 1.82) is 0 Å². The van der Waals surface area contributed by atoms with Gasteiger partial charge in [-0.1, -0.05) is 0 Å². The molecule has 8 nitrogen and oxygen atoms in total. The van der Waals surface area contributed by atoms with Crippen LogP contribution < -0.4 is 0 Å². The highest BCUT2D eigenvalue weighted by Gasteiger charge is 2.20. The van der Waals surface area contributed by atoms with Crippen LogP contribution in [-0.4, -0.2) is 32.1 Å². The average molecular weight is 359 g/mol. The van der Waals surface area contributed by atoms with E-state index < -0.39 is 4.92 Å². The molecule has 1 atom stereocenters. The predicted molar refractivity (Wildman–Crippen MR) is 93.1 cm³/mol. The van der Waals surface area contributed by atoms with Gasteiger partial charge in [-0.2, -0.15) is 0 Å². The summed E-state index contributed by atoms with van der Waals surface area (Å²) < 4.78 is 5.75. The molecule has 2 aromatic heterocycles. The van der Waals surface area contributed by atoms with Crippen molar-refractivity contribution in [1.82, 2.24) is 20.1 Å². The zero-order valence-corrected chi connectivity index (χ0v) is 14.9. The Bertz CT molecular complexity index is 874. The number of nitrogens with zero attached hydrogens (tertiary/aromatic N) is 5. The number of aromatic nitrogens is 3. The van der Waals surface area contributed by atoms with Gasteiger partial charge >= 0.3 is 0 Å². The second kappa shape index (κ2) is 7.08. The van der Waals surface area contributed by atoms with Gasteiger partial charge < -0.3 is 4.42 Å². The van der Waals surface area contributed by atoms with E-state index in [1.165, 1.54) is 17.0 Å². The van der Waals surface area contributed by atoms with Crippen molar-refractivity contribution in [2.45, 2.75) is 26.4 Å². The van der Waals surface area contributed by atoms with E-state index in [0.29, 0.717) is 17.3 Å². The Balaban J connectivity index is 1.72. The molecule has 3 aromatic rings. The van der Waals surface area contributed by atoms with E-state index in [9.17, 15) is 10.1 Å². The van der Waals surface area contributed by atoms with Gasteiger partial charge in [0.15, 0.2) is 0 Å². The molecule has 0 aliphatic heterocycles. The smallest absolute Gasteiger partial charge is 0.269 e. The zero-order chi connectivity index (χ0) is 18.0. The molecule has 0 spiro atoms. The number of rotatable bonds is 6. The second-order valence-electron chi connectivity index (χ2n) is 5.69. The molecular weight excluding hydrogens is 342 g/mol. The maximum Gasteiger partial charge on any atom is 0.269 e. The van der Waals surface area contributed by atoms with Crippen molar-refractivity contribution in [2.24, 2.45) is 0 Å². The van der Waals surface area contributed by atoms with Gasteiger partial charge in [-0.15, -0.1) is 21.5 Å². The van der Waals surface area contributed by atoms with Crippen molar-refractivity contribution >= 4 is 17.0 Å². The number of nitro groups is 1. The first-order valence-electron chi connectivity index (χ1n) is 7.64. The fraction of sp³-hybridized carbons (Fsp3) is 0.312. The van der Waals surface area contributed by atoms with E-state index in [4.69, 9.17) is 4.42 Å². The summed E-state index contributed by atoms with van der Waals surface area (Å²) in [5.41, 5.74) is 0.675. The van der Waals surface area contributed by atoms with Gasteiger partial charge in [0.25, 0.3) is 5.69 Å². The highest BCUT2D eigenvalue weighted by molar-refractivity contribution is 7.11. The molecule has 3 rings (SSSR count). The molecule has 25 heavy (non-hydrogen) atoms. The average Bonchev–Trinajstić information content (AvgIpc) is 3.23. The molecule has 0 aliphatic rings. The monoisotopic (exact) mass is 359 g/mol. The summed E-state index contributed by atoms with van der Waals surface area (Å²) in [6, 6.07) is 5.97. The normalized spacial score (nSPS) is 12.5. The van der Waals surface area contributed by atoms with Gasteiger partial charge in [-0.05, 0) is 33.0 Å². The molecule has 130 valence electrons. The molecular formula is C16H17N5O3S. The molecule has 0 unspecified atom stereocenters. The van der Waals surface area contributed by atoms with Crippen LogP contribution in [0.2, 0.25) is 0 Å². The molecule has 0 radical (unpaired) electrons. The first-order chi connectivity index (χ1) is 11.9. The van der Waals surface area contributed by atoms with E-state index in [-0.39, 0.29) is 11.7 Å². The molecule has 0 bridgehead atoms. The van der Waals surface area contributed by atoms with E-state index in [2.05, 4.69) is 20.1 Å². The van der Waals surface area contributed by atoms with Crippen LogP contribution in [-0.2, 0) is 6.54 Å². The van der Waals surface area contributed by atoms with Gasteiger partial charge in [0.1, 0.15) is 0 Å². The third-order valence-corrected chi connectivity index (χ3v) is 4.76. The van der Waals surface area contributed by atoms with Crippen LogP contribution in [0.5, 0.6) is 0 Å². The maximum absolute atomic E-state index is 10.7. The van der Waals surface area contributed by atoms with Crippen LogP contribution >= 0.6 is 11.3 Å². The first kappa shape index (κ1) is 17.2. The standard InChI is InChI=1S/C16H17N5O3S/c1-10(20(3)9-14-8-17-11(2)25-14)15-18-19-16(24-15)12-4-6-13(7-5-12)21(22)23/h4-8,10H,9H2,1-3H3/t10-/m1/s1. The molecule has 0 saturated carbocycles. The number of benzene rings is 1. The molecule has 9 heteroatoms. The fourth-order valence-corrected chi connectivity index (χ4v) is 3.15. The topological polar surface area (TPSA) is 98.2 Å². The quantitative estimate of drug-likeness (QED) is 0.490. The molecule has 0 amide bonds. The second-order valence-corrected chi connectivity index (χ2v) is 7.01. The third kappa shape index (κ3) is 3.89. The summed E-state index contributed by atoms with van der Waals surface area (Å²) in [4.78, 5) is 17.8. The van der Waals surface area contributed by atoms with E-state index >= 15 is 0 Å². The third-order valence-electron chi connectivity index (χ3n) is 3.86. The lowest BCUT2D eigenvalue weighted by Crippen LogP contribution is -2.21. The van der Waals surface area contributed by atoms with E-state index in [1.807, 2.05) is 27.1 Å². The molecule has 0 saturated heterocycles. The molecule has 2 heterocycles. The molecule has 1 aromatic carbocycles. The number of aryl methyl sites for hydroxylation is 1. The summed E-state index contributed by atoms with van der Waals surface area (Å²) >= 11 is 1.66. The number of non-ortho nitro benzene ring substituents is 1. The van der Waals surface area contributed by atoms with Crippen LogP contribution in [0.4, 0.5) is 5.69 Å². The SMILES string of the molecule is Cc1ncc(CN(C)[C@H](C)c2nnc(-c3ccc([N+](=O)[O-])cc3)o2)s1. The van der Waals surface area contributed by atoms with Crippen LogP contribution in [0, 0.1) is 17.0 Å². The van der Waals surface area contributed by atoms with Crippen molar-refractivity contribution in [3.05, 3.63) is 56.4 Å². The molecule has 0 aliphatic carbocycles. The van der Waals surface area contributed by atoms with Gasteiger partial charge in [-0.25, -0.2) is 4.98 Å². The highest BCUT2D eigenvalue weighted by Crippen LogP contribution is 2.26. The Morgan fingerprint density at radius 1 is 1.32 bits per heavy atom. The van der Waals surface area contributed by atoms with Gasteiger partial charge in [-0.3, -0.25) is 15.0 Å². The minimum Gasteiger partial charge on any atom is -0.419 e. The van der Waals surface area contributed by atoms with Gasteiger partial charge in [0, 0.05) is 35.3 Å². The fourth-order valence-electron chi connectivity index (χ4n) is 2.30. The van der Waals surface area contributed by atoms with E-state index in [0.717, 1.165) is 11.6 Å². The van der Waals surface area contributed by atoms with Crippen molar-refractivity contribution in [2.75, 3.05) is 7.05 Å². The number of thiazole rings is 1. The molecule has 0 N–H and O–H groups in total. The summed E-state index contributed by atoms with van der Waals surface area (Å²) in [5, 5.41) is 19.9. The van der Waals surface area contributed by atoms with Crippen molar-refractivity contribution in [3.8, 4) is 11.5 Å². The Hall–Kier alpha value is -2.65. The predicted octanol–water partition coefficient (Wildman–Crippen LogP) is 3.60. The number of nitro benzene ring substituents is 1. The van der Waals surface area contributed by atoms with Crippen LogP contribution in [0.25, 0.3) is 11.5 Å². The minimum absolute atomic E-state index is 0.0245. The summed E-state index contributed by atoms with van der Waals surface area (Å²) in [7, 11) is 1.98. The Morgan fingerprint density at radius 3 is 2.64 bits per heavy atom. The van der Waals surface area contributed by atoms with Gasteiger partial charge in [0.2, 0.25) is 11.8 Å². The summed E-state index contributed by atoms with van der Waals surface area (Å²) in [6.45, 7) is 4.70. The Labute approximate surface area is 148 Å². The Morgan fingerprint density at radius 2 is 2.04 bits per heavy atom. The largest absolute Gasteiger partial charge is 0.419 e. The number of hydrogen-bond donors (Lipinski definition) is 0. The van der Waals surface area contributed by atoms with Crippen molar-refractivity contribution in [3.63, 3.8) is 0 Å².